The van der Waals surface area contributed by atoms with Gasteiger partial charge in [0.05, 0.1) is 4.90 Å². The largest absolute Gasteiger partial charge is 0.326 e. The Hall–Kier alpha value is -2.87. The van der Waals surface area contributed by atoms with Gasteiger partial charge in [-0.15, -0.1) is 0 Å². The van der Waals surface area contributed by atoms with E-state index in [1.54, 1.807) is 32.0 Å². The predicted octanol–water partition coefficient (Wildman–Crippen LogP) is 2.95. The van der Waals surface area contributed by atoms with E-state index in [9.17, 15) is 18.0 Å². The highest BCUT2D eigenvalue weighted by Gasteiger charge is 2.20. The summed E-state index contributed by atoms with van der Waals surface area (Å²) in [5.41, 5.74) is 3.98. The minimum absolute atomic E-state index is 0.0407. The molecule has 0 spiro atoms. The Morgan fingerprint density at radius 3 is 2.37 bits per heavy atom. The van der Waals surface area contributed by atoms with Gasteiger partial charge in [-0.1, -0.05) is 0 Å². The Morgan fingerprint density at radius 1 is 1.07 bits per heavy atom. The van der Waals surface area contributed by atoms with E-state index >= 15 is 0 Å². The molecule has 0 aliphatic carbocycles. The van der Waals surface area contributed by atoms with Crippen LogP contribution >= 0.6 is 0 Å². The van der Waals surface area contributed by atoms with Crippen molar-refractivity contribution in [1.29, 1.82) is 0 Å². The molecule has 1 heterocycles. The molecule has 0 radical (unpaired) electrons. The molecule has 3 rings (SSSR count). The van der Waals surface area contributed by atoms with Gasteiger partial charge in [-0.05, 0) is 67.3 Å². The van der Waals surface area contributed by atoms with Crippen LogP contribution in [0.5, 0.6) is 0 Å². The van der Waals surface area contributed by atoms with Crippen molar-refractivity contribution in [2.75, 3.05) is 15.4 Å². The summed E-state index contributed by atoms with van der Waals surface area (Å²) in [7, 11) is -3.79. The second kappa shape index (κ2) is 7.03. The fourth-order valence-corrected chi connectivity index (χ4v) is 4.33. The smallest absolute Gasteiger partial charge is 0.261 e. The van der Waals surface area contributed by atoms with E-state index in [1.807, 2.05) is 0 Å². The number of nitrogens with one attached hydrogen (secondary N) is 3. The normalized spacial score (nSPS) is 13.5. The van der Waals surface area contributed by atoms with Crippen LogP contribution in [0, 0.1) is 13.8 Å². The summed E-state index contributed by atoms with van der Waals surface area (Å²) in [6.45, 7) is 4.90. The van der Waals surface area contributed by atoms with E-state index in [1.165, 1.54) is 19.1 Å². The molecule has 3 N–H and O–H groups in total. The Bertz CT molecular complexity index is 1020. The molecule has 2 amide bonds. The summed E-state index contributed by atoms with van der Waals surface area (Å²) in [4.78, 5) is 22.9. The van der Waals surface area contributed by atoms with Crippen LogP contribution in [0.25, 0.3) is 0 Å². The maximum atomic E-state index is 12.8. The van der Waals surface area contributed by atoms with Crippen LogP contribution in [-0.4, -0.2) is 20.2 Å². The van der Waals surface area contributed by atoms with Crippen LogP contribution in [0.15, 0.2) is 35.2 Å². The molecular weight excluding hydrogens is 366 g/mol. The average Bonchev–Trinajstić information content (AvgIpc) is 2.57. The SMILES string of the molecule is CC(=O)Nc1c(C)cc(S(=O)(=O)Nc2ccc3c(c2)CCC(=O)N3)cc1C. The zero-order chi connectivity index (χ0) is 19.8. The molecule has 8 heteroatoms. The van der Waals surface area contributed by atoms with Gasteiger partial charge in [0.2, 0.25) is 11.8 Å². The minimum Gasteiger partial charge on any atom is -0.326 e. The van der Waals surface area contributed by atoms with Crippen molar-refractivity contribution in [1.82, 2.24) is 0 Å². The van der Waals surface area contributed by atoms with Crippen molar-refractivity contribution in [3.05, 3.63) is 47.0 Å². The first kappa shape index (κ1) is 18.9. The van der Waals surface area contributed by atoms with Gasteiger partial charge in [0.25, 0.3) is 10.0 Å². The van der Waals surface area contributed by atoms with Gasteiger partial charge in [0, 0.05) is 30.4 Å². The van der Waals surface area contributed by atoms with Gasteiger partial charge >= 0.3 is 0 Å². The summed E-state index contributed by atoms with van der Waals surface area (Å²) < 4.78 is 28.2. The summed E-state index contributed by atoms with van der Waals surface area (Å²) in [5, 5.41) is 5.49. The van der Waals surface area contributed by atoms with Gasteiger partial charge in [0.15, 0.2) is 0 Å². The Labute approximate surface area is 158 Å². The van der Waals surface area contributed by atoms with E-state index in [0.29, 0.717) is 41.0 Å². The molecule has 0 fully saturated rings. The lowest BCUT2D eigenvalue weighted by Crippen LogP contribution is -2.19. The van der Waals surface area contributed by atoms with E-state index in [-0.39, 0.29) is 16.7 Å². The minimum atomic E-state index is -3.79. The van der Waals surface area contributed by atoms with Crippen LogP contribution in [0.1, 0.15) is 30.0 Å². The molecule has 7 nitrogen and oxygen atoms in total. The number of carbonyl (C=O) groups excluding carboxylic acids is 2. The molecule has 0 saturated heterocycles. The summed E-state index contributed by atoms with van der Waals surface area (Å²) in [5.74, 6) is -0.253. The lowest BCUT2D eigenvalue weighted by atomic mass is 10.0. The van der Waals surface area contributed by atoms with Crippen LogP contribution in [0.2, 0.25) is 0 Å². The topological polar surface area (TPSA) is 104 Å². The summed E-state index contributed by atoms with van der Waals surface area (Å²) in [6.07, 6.45) is 0.951. The maximum absolute atomic E-state index is 12.8. The highest BCUT2D eigenvalue weighted by atomic mass is 32.2. The standard InChI is InChI=1S/C19H21N3O4S/c1-11-8-16(9-12(2)19(11)20-13(3)23)27(25,26)22-15-5-6-17-14(10-15)4-7-18(24)21-17/h5-6,8-10,22H,4,7H2,1-3H3,(H,20,23)(H,21,24). The third-order valence-electron chi connectivity index (χ3n) is 4.37. The van der Waals surface area contributed by atoms with Crippen LogP contribution in [0.3, 0.4) is 0 Å². The predicted molar refractivity (Wildman–Crippen MR) is 104 cm³/mol. The van der Waals surface area contributed by atoms with Gasteiger partial charge in [-0.2, -0.15) is 0 Å². The lowest BCUT2D eigenvalue weighted by molar-refractivity contribution is -0.116. The van der Waals surface area contributed by atoms with E-state index in [4.69, 9.17) is 0 Å². The van der Waals surface area contributed by atoms with Gasteiger partial charge in [-0.25, -0.2) is 8.42 Å². The summed E-state index contributed by atoms with van der Waals surface area (Å²) in [6, 6.07) is 8.10. The number of rotatable bonds is 4. The fraction of sp³-hybridized carbons (Fsp3) is 0.263. The quantitative estimate of drug-likeness (QED) is 0.750. The van der Waals surface area contributed by atoms with Crippen molar-refractivity contribution in [3.8, 4) is 0 Å². The number of hydrogen-bond donors (Lipinski definition) is 3. The molecule has 1 aliphatic heterocycles. The molecule has 0 bridgehead atoms. The lowest BCUT2D eigenvalue weighted by Gasteiger charge is -2.18. The zero-order valence-corrected chi connectivity index (χ0v) is 16.2. The van der Waals surface area contributed by atoms with Crippen LogP contribution in [0.4, 0.5) is 17.1 Å². The first-order chi connectivity index (χ1) is 12.7. The van der Waals surface area contributed by atoms with Crippen molar-refractivity contribution in [3.63, 3.8) is 0 Å². The highest BCUT2D eigenvalue weighted by molar-refractivity contribution is 7.92. The molecule has 27 heavy (non-hydrogen) atoms. The maximum Gasteiger partial charge on any atom is 0.261 e. The van der Waals surface area contributed by atoms with Crippen molar-refractivity contribution in [2.45, 2.75) is 38.5 Å². The van der Waals surface area contributed by atoms with Crippen LogP contribution < -0.4 is 15.4 Å². The number of fused-ring (bicyclic) bond motifs is 1. The van der Waals surface area contributed by atoms with Gasteiger partial charge in [-0.3, -0.25) is 14.3 Å². The molecule has 0 saturated carbocycles. The number of anilines is 3. The molecule has 2 aromatic carbocycles. The Kier molecular flexibility index (Phi) is 4.93. The molecular formula is C19H21N3O4S. The Morgan fingerprint density at radius 2 is 1.74 bits per heavy atom. The molecule has 2 aromatic rings. The second-order valence-electron chi connectivity index (χ2n) is 6.64. The van der Waals surface area contributed by atoms with Crippen LogP contribution in [-0.2, 0) is 26.0 Å². The number of aryl methyl sites for hydroxylation is 3. The first-order valence-corrected chi connectivity index (χ1v) is 9.98. The molecule has 142 valence electrons. The third kappa shape index (κ3) is 4.11. The highest BCUT2D eigenvalue weighted by Crippen LogP contribution is 2.29. The number of hydrogen-bond acceptors (Lipinski definition) is 4. The van der Waals surface area contributed by atoms with E-state index < -0.39 is 10.0 Å². The number of benzene rings is 2. The number of carbonyl (C=O) groups is 2. The number of sulfonamides is 1. The molecule has 0 atom stereocenters. The molecule has 0 unspecified atom stereocenters. The third-order valence-corrected chi connectivity index (χ3v) is 5.73. The molecule has 0 aromatic heterocycles. The van der Waals surface area contributed by atoms with Crippen molar-refractivity contribution in [2.24, 2.45) is 0 Å². The Balaban J connectivity index is 1.89. The summed E-state index contributed by atoms with van der Waals surface area (Å²) >= 11 is 0. The van der Waals surface area contributed by atoms with Gasteiger partial charge < -0.3 is 10.6 Å². The van der Waals surface area contributed by atoms with Crippen molar-refractivity contribution >= 4 is 38.9 Å². The zero-order valence-electron chi connectivity index (χ0n) is 15.3. The second-order valence-corrected chi connectivity index (χ2v) is 8.32. The average molecular weight is 387 g/mol. The van der Waals surface area contributed by atoms with E-state index in [0.717, 1.165) is 5.56 Å². The van der Waals surface area contributed by atoms with Gasteiger partial charge in [0.1, 0.15) is 0 Å². The van der Waals surface area contributed by atoms with Crippen molar-refractivity contribution < 1.29 is 18.0 Å². The molecule has 1 aliphatic rings. The first-order valence-electron chi connectivity index (χ1n) is 8.50. The number of amides is 2. The monoisotopic (exact) mass is 387 g/mol. The fourth-order valence-electron chi connectivity index (χ4n) is 3.11. The van der Waals surface area contributed by atoms with E-state index in [2.05, 4.69) is 15.4 Å².